The largest absolute Gasteiger partial charge is 0.328 e. The number of nitrogens with zero attached hydrogens (tertiary/aromatic N) is 2. The van der Waals surface area contributed by atoms with Crippen LogP contribution < -0.4 is 0 Å². The van der Waals surface area contributed by atoms with Gasteiger partial charge in [-0.3, -0.25) is 4.79 Å². The molecule has 1 aromatic rings. The number of hydrogen-bond acceptors (Lipinski definition) is 2. The van der Waals surface area contributed by atoms with Crippen molar-refractivity contribution in [2.45, 2.75) is 0 Å². The second kappa shape index (κ2) is 2.31. The Kier molecular flexibility index (Phi) is 1.66. The van der Waals surface area contributed by atoms with Gasteiger partial charge in [0.25, 0.3) is 0 Å². The number of halogens is 1. The maximum absolute atomic E-state index is 10.1. The number of carbonyl (C=O) groups is 1. The summed E-state index contributed by atoms with van der Waals surface area (Å²) < 4.78 is 2.45. The smallest absolute Gasteiger partial charge is 0.171 e. The third-order valence-corrected chi connectivity index (χ3v) is 1.97. The van der Waals surface area contributed by atoms with E-state index in [2.05, 4.69) is 20.9 Å². The molecule has 0 spiro atoms. The number of rotatable bonds is 1. The van der Waals surface area contributed by atoms with Gasteiger partial charge in [0.15, 0.2) is 6.29 Å². The average Bonchev–Trinajstić information content (AvgIpc) is 2.15. The normalized spacial score (nSPS) is 9.56. The quantitative estimate of drug-likeness (QED) is 0.617. The van der Waals surface area contributed by atoms with Crippen LogP contribution in [0.5, 0.6) is 0 Å². The summed E-state index contributed by atoms with van der Waals surface area (Å²) in [5.74, 6) is 0. The van der Waals surface area contributed by atoms with Crippen LogP contribution in [0.1, 0.15) is 10.5 Å². The summed E-state index contributed by atoms with van der Waals surface area (Å²) in [6, 6.07) is 0. The Balaban J connectivity index is 3.18. The Morgan fingerprint density at radius 2 is 2.56 bits per heavy atom. The van der Waals surface area contributed by atoms with Gasteiger partial charge in [-0.1, -0.05) is 0 Å². The zero-order valence-electron chi connectivity index (χ0n) is 4.84. The van der Waals surface area contributed by atoms with Crippen molar-refractivity contribution < 1.29 is 4.79 Å². The van der Waals surface area contributed by atoms with Crippen molar-refractivity contribution in [1.82, 2.24) is 9.55 Å². The third kappa shape index (κ3) is 1.03. The molecule has 0 saturated heterocycles. The number of imidazole rings is 1. The summed E-state index contributed by atoms with van der Waals surface area (Å²) >= 11 is 3.18. The molecular formula is C5H5BrN2O. The first-order valence-electron chi connectivity index (χ1n) is 2.37. The molecule has 0 bridgehead atoms. The molecule has 0 amide bonds. The molecular weight excluding hydrogens is 184 g/mol. The Morgan fingerprint density at radius 3 is 2.78 bits per heavy atom. The van der Waals surface area contributed by atoms with E-state index in [1.54, 1.807) is 10.9 Å². The minimum Gasteiger partial charge on any atom is -0.328 e. The molecule has 0 atom stereocenters. The molecule has 1 rings (SSSR count). The van der Waals surface area contributed by atoms with Crippen LogP contribution in [0.2, 0.25) is 0 Å². The van der Waals surface area contributed by atoms with Gasteiger partial charge in [0, 0.05) is 7.05 Å². The zero-order valence-corrected chi connectivity index (χ0v) is 6.42. The number of hydrogen-bond donors (Lipinski definition) is 0. The van der Waals surface area contributed by atoms with E-state index in [1.165, 1.54) is 0 Å². The first kappa shape index (κ1) is 6.48. The van der Waals surface area contributed by atoms with Crippen molar-refractivity contribution in [3.05, 3.63) is 16.6 Å². The Bertz CT molecular complexity index is 231. The number of aryl methyl sites for hydroxylation is 1. The van der Waals surface area contributed by atoms with Gasteiger partial charge in [0.1, 0.15) is 10.3 Å². The molecule has 0 aliphatic heterocycles. The lowest BCUT2D eigenvalue weighted by Crippen LogP contribution is -1.85. The topological polar surface area (TPSA) is 34.9 Å². The van der Waals surface area contributed by atoms with Gasteiger partial charge in [-0.15, -0.1) is 0 Å². The lowest BCUT2D eigenvalue weighted by atomic mass is 10.5. The number of aldehydes is 1. The maximum atomic E-state index is 10.1. The van der Waals surface area contributed by atoms with E-state index in [-0.39, 0.29) is 0 Å². The van der Waals surface area contributed by atoms with Crippen LogP contribution in [-0.2, 0) is 7.05 Å². The fourth-order valence-corrected chi connectivity index (χ4v) is 0.800. The summed E-state index contributed by atoms with van der Waals surface area (Å²) in [7, 11) is 1.81. The Hall–Kier alpha value is -0.640. The van der Waals surface area contributed by atoms with E-state index in [0.717, 1.165) is 4.60 Å². The zero-order chi connectivity index (χ0) is 6.85. The highest BCUT2D eigenvalue weighted by Crippen LogP contribution is 2.10. The van der Waals surface area contributed by atoms with Crippen LogP contribution in [0.15, 0.2) is 10.9 Å². The van der Waals surface area contributed by atoms with Gasteiger partial charge in [-0.2, -0.15) is 0 Å². The molecule has 4 heteroatoms. The van der Waals surface area contributed by atoms with Crippen molar-refractivity contribution >= 4 is 22.2 Å². The van der Waals surface area contributed by atoms with Crippen LogP contribution in [0.3, 0.4) is 0 Å². The summed E-state index contributed by atoms with van der Waals surface area (Å²) in [6.07, 6.45) is 2.29. The molecule has 0 fully saturated rings. The second-order valence-corrected chi connectivity index (χ2v) is 2.40. The molecule has 0 unspecified atom stereocenters. The highest BCUT2D eigenvalue weighted by atomic mass is 79.9. The maximum Gasteiger partial charge on any atom is 0.171 e. The SMILES string of the molecule is Cn1cnc(C=O)c1Br. The standard InChI is InChI=1S/C5H5BrN2O/c1-8-3-7-4(2-9)5(8)6/h2-3H,1H3. The fraction of sp³-hybridized carbons (Fsp3) is 0.200. The van der Waals surface area contributed by atoms with Gasteiger partial charge in [-0.25, -0.2) is 4.98 Å². The van der Waals surface area contributed by atoms with Crippen LogP contribution in [0.25, 0.3) is 0 Å². The highest BCUT2D eigenvalue weighted by Gasteiger charge is 2.01. The predicted molar refractivity (Wildman–Crippen MR) is 36.3 cm³/mol. The summed E-state index contributed by atoms with van der Waals surface area (Å²) in [4.78, 5) is 13.9. The van der Waals surface area contributed by atoms with Gasteiger partial charge in [0.05, 0.1) is 6.33 Å². The van der Waals surface area contributed by atoms with Crippen molar-refractivity contribution in [3.63, 3.8) is 0 Å². The van der Waals surface area contributed by atoms with Gasteiger partial charge in [-0.05, 0) is 15.9 Å². The van der Waals surface area contributed by atoms with E-state index < -0.39 is 0 Å². The second-order valence-electron chi connectivity index (χ2n) is 1.65. The molecule has 0 aliphatic rings. The Labute approximate surface area is 60.8 Å². The van der Waals surface area contributed by atoms with E-state index in [9.17, 15) is 4.79 Å². The molecule has 1 aromatic heterocycles. The van der Waals surface area contributed by atoms with E-state index >= 15 is 0 Å². The molecule has 1 heterocycles. The summed E-state index contributed by atoms with van der Waals surface area (Å²) in [5, 5.41) is 0. The molecule has 9 heavy (non-hydrogen) atoms. The average molecular weight is 189 g/mol. The molecule has 0 aliphatic carbocycles. The lowest BCUT2D eigenvalue weighted by Gasteiger charge is -1.87. The van der Waals surface area contributed by atoms with Gasteiger partial charge >= 0.3 is 0 Å². The van der Waals surface area contributed by atoms with Crippen molar-refractivity contribution in [2.24, 2.45) is 7.05 Å². The fourth-order valence-electron chi connectivity index (χ4n) is 0.512. The monoisotopic (exact) mass is 188 g/mol. The molecule has 48 valence electrons. The van der Waals surface area contributed by atoms with Gasteiger partial charge < -0.3 is 4.57 Å². The molecule has 0 radical (unpaired) electrons. The van der Waals surface area contributed by atoms with E-state index in [0.29, 0.717) is 12.0 Å². The van der Waals surface area contributed by atoms with Crippen molar-refractivity contribution in [2.75, 3.05) is 0 Å². The predicted octanol–water partition coefficient (Wildman–Crippen LogP) is 0.995. The number of aromatic nitrogens is 2. The van der Waals surface area contributed by atoms with Crippen LogP contribution in [0, 0.1) is 0 Å². The first-order chi connectivity index (χ1) is 4.25. The first-order valence-corrected chi connectivity index (χ1v) is 3.17. The lowest BCUT2D eigenvalue weighted by molar-refractivity contribution is 0.111. The summed E-state index contributed by atoms with van der Waals surface area (Å²) in [6.45, 7) is 0. The van der Waals surface area contributed by atoms with Crippen LogP contribution in [-0.4, -0.2) is 15.8 Å². The van der Waals surface area contributed by atoms with Gasteiger partial charge in [0.2, 0.25) is 0 Å². The van der Waals surface area contributed by atoms with Crippen molar-refractivity contribution in [1.29, 1.82) is 0 Å². The number of carbonyl (C=O) groups excluding carboxylic acids is 1. The van der Waals surface area contributed by atoms with Crippen LogP contribution >= 0.6 is 15.9 Å². The third-order valence-electron chi connectivity index (χ3n) is 1.00. The van der Waals surface area contributed by atoms with E-state index in [1.807, 2.05) is 7.05 Å². The Morgan fingerprint density at radius 1 is 1.89 bits per heavy atom. The minimum atomic E-state index is 0.442. The minimum absolute atomic E-state index is 0.442. The molecule has 0 N–H and O–H groups in total. The summed E-state index contributed by atoms with van der Waals surface area (Å²) in [5.41, 5.74) is 0.442. The van der Waals surface area contributed by atoms with Crippen molar-refractivity contribution in [3.8, 4) is 0 Å². The molecule has 3 nitrogen and oxygen atoms in total. The molecule has 0 aromatic carbocycles. The molecule has 0 saturated carbocycles. The van der Waals surface area contributed by atoms with E-state index in [4.69, 9.17) is 0 Å². The highest BCUT2D eigenvalue weighted by molar-refractivity contribution is 9.10. The van der Waals surface area contributed by atoms with Crippen LogP contribution in [0.4, 0.5) is 0 Å².